The van der Waals surface area contributed by atoms with Crippen LogP contribution in [0, 0.1) is 11.3 Å². The highest BCUT2D eigenvalue weighted by atomic mass is 16.5. The first-order valence-corrected chi connectivity index (χ1v) is 12.1. The van der Waals surface area contributed by atoms with Gasteiger partial charge in [-0.1, -0.05) is 32.0 Å². The number of fused-ring (bicyclic) bond motifs is 9. The summed E-state index contributed by atoms with van der Waals surface area (Å²) < 4.78 is 6.09. The molecule has 0 spiro atoms. The van der Waals surface area contributed by atoms with Crippen molar-refractivity contribution in [2.45, 2.75) is 88.3 Å². The van der Waals surface area contributed by atoms with Crippen LogP contribution in [0.2, 0.25) is 0 Å². The highest BCUT2D eigenvalue weighted by molar-refractivity contribution is 5.96. The minimum atomic E-state index is -1.60. The summed E-state index contributed by atoms with van der Waals surface area (Å²) in [6.45, 7) is 7.43. The zero-order valence-electron chi connectivity index (χ0n) is 19.7. The van der Waals surface area contributed by atoms with E-state index >= 15 is 0 Å². The van der Waals surface area contributed by atoms with Gasteiger partial charge in [-0.2, -0.15) is 0 Å². The number of aromatic amines is 1. The summed E-state index contributed by atoms with van der Waals surface area (Å²) in [5, 5.41) is 35.5. The number of carbonyl (C=O) groups excluding carboxylic acids is 1. The van der Waals surface area contributed by atoms with E-state index in [2.05, 4.69) is 31.0 Å². The van der Waals surface area contributed by atoms with E-state index in [1.165, 1.54) is 17.0 Å². The average Bonchev–Trinajstić information content (AvgIpc) is 3.25. The van der Waals surface area contributed by atoms with Crippen LogP contribution < -0.4 is 0 Å². The van der Waals surface area contributed by atoms with E-state index in [-0.39, 0.29) is 11.7 Å². The Bertz CT molecular complexity index is 1210. The van der Waals surface area contributed by atoms with Crippen molar-refractivity contribution in [1.29, 1.82) is 0 Å². The van der Waals surface area contributed by atoms with Crippen molar-refractivity contribution in [1.82, 2.24) is 4.98 Å². The van der Waals surface area contributed by atoms with E-state index in [9.17, 15) is 20.1 Å². The Morgan fingerprint density at radius 1 is 1.21 bits per heavy atom. The third-order valence-corrected chi connectivity index (χ3v) is 9.77. The van der Waals surface area contributed by atoms with E-state index in [4.69, 9.17) is 4.74 Å². The Balaban J connectivity index is 1.53. The molecule has 4 aliphatic rings. The van der Waals surface area contributed by atoms with Gasteiger partial charge in [-0.15, -0.1) is 0 Å². The van der Waals surface area contributed by atoms with Gasteiger partial charge in [0.2, 0.25) is 0 Å². The van der Waals surface area contributed by atoms with Gasteiger partial charge in [-0.3, -0.25) is 4.79 Å². The van der Waals surface area contributed by atoms with Crippen molar-refractivity contribution >= 4 is 16.7 Å². The molecule has 2 fully saturated rings. The fraction of sp³-hybridized carbons (Fsp3) is 0.593. The van der Waals surface area contributed by atoms with Gasteiger partial charge in [0, 0.05) is 27.4 Å². The van der Waals surface area contributed by atoms with Crippen LogP contribution in [0.15, 0.2) is 35.9 Å². The number of ether oxygens (including phenoxy) is 1. The standard InChI is InChI=1S/C27H33NO5/c1-24(2,31)23-19(29)13-17-20(33-23)9-10-25(3)26(4)14(12-21(30)27(17,25)32)11-16-15-7-5-6-8-18(15)28-22(16)26/h5-8,13-14,20-21,23,28,30-32H,9-12H2,1-4H3/t14-,20?,21?,23+,25-,26-,27+/m1/s1. The molecule has 0 saturated heterocycles. The number of carbonyl (C=O) groups is 1. The van der Waals surface area contributed by atoms with Crippen LogP contribution in [-0.4, -0.2) is 55.6 Å². The maximum Gasteiger partial charge on any atom is 0.187 e. The summed E-state index contributed by atoms with van der Waals surface area (Å²) in [7, 11) is 0. The third kappa shape index (κ3) is 2.40. The Kier molecular flexibility index (Phi) is 4.15. The van der Waals surface area contributed by atoms with Gasteiger partial charge in [-0.25, -0.2) is 0 Å². The first kappa shape index (κ1) is 21.5. The Hall–Kier alpha value is -1.99. The van der Waals surface area contributed by atoms with Crippen molar-refractivity contribution in [3.63, 3.8) is 0 Å². The second kappa shape index (κ2) is 6.36. The fourth-order valence-electron chi connectivity index (χ4n) is 7.86. The SMILES string of the molecule is CC(C)(O)[C@H]1OC2CC[C@]3(C)[C@@]4(C)c5[nH]c6ccccc6c5C[C@@H]4CC(O)[C@@]3(O)C2=CC1=O. The summed E-state index contributed by atoms with van der Waals surface area (Å²) in [6, 6.07) is 8.30. The predicted molar refractivity (Wildman–Crippen MR) is 124 cm³/mol. The molecule has 176 valence electrons. The maximum atomic E-state index is 13.0. The molecule has 6 nitrogen and oxygen atoms in total. The first-order valence-electron chi connectivity index (χ1n) is 12.1. The van der Waals surface area contributed by atoms with Crippen LogP contribution >= 0.6 is 0 Å². The van der Waals surface area contributed by atoms with Crippen molar-refractivity contribution in [2.75, 3.05) is 0 Å². The lowest BCUT2D eigenvalue weighted by Crippen LogP contribution is -2.73. The smallest absolute Gasteiger partial charge is 0.187 e. The molecule has 3 aliphatic carbocycles. The number of para-hydroxylation sites is 1. The third-order valence-electron chi connectivity index (χ3n) is 9.77. The minimum absolute atomic E-state index is 0.185. The molecule has 33 heavy (non-hydrogen) atoms. The van der Waals surface area contributed by atoms with Crippen LogP contribution in [0.4, 0.5) is 0 Å². The maximum absolute atomic E-state index is 13.0. The van der Waals surface area contributed by atoms with E-state index in [1.807, 2.05) is 12.1 Å². The molecule has 4 N–H and O–H groups in total. The van der Waals surface area contributed by atoms with Crippen LogP contribution in [0.1, 0.15) is 58.2 Å². The normalized spacial score (nSPS) is 42.4. The van der Waals surface area contributed by atoms with Crippen molar-refractivity contribution < 1.29 is 24.9 Å². The topological polar surface area (TPSA) is 103 Å². The Morgan fingerprint density at radius 2 is 1.94 bits per heavy atom. The molecule has 1 aromatic heterocycles. The average molecular weight is 452 g/mol. The number of H-pyrrole nitrogens is 1. The molecular weight excluding hydrogens is 418 g/mol. The van der Waals surface area contributed by atoms with Crippen LogP contribution in [-0.2, 0) is 21.4 Å². The molecule has 0 amide bonds. The summed E-state index contributed by atoms with van der Waals surface area (Å²) in [5.41, 5.74) is -0.0337. The minimum Gasteiger partial charge on any atom is -0.390 e. The van der Waals surface area contributed by atoms with E-state index in [0.717, 1.165) is 17.6 Å². The number of aromatic nitrogens is 1. The van der Waals surface area contributed by atoms with Crippen LogP contribution in [0.3, 0.4) is 0 Å². The summed E-state index contributed by atoms with van der Waals surface area (Å²) in [4.78, 5) is 16.7. The van der Waals surface area contributed by atoms with Gasteiger partial charge in [0.05, 0.1) is 17.8 Å². The molecule has 6 rings (SSSR count). The predicted octanol–water partition coefficient (Wildman–Crippen LogP) is 2.93. The van der Waals surface area contributed by atoms with Crippen molar-refractivity contribution in [3.05, 3.63) is 47.2 Å². The molecule has 2 saturated carbocycles. The fourth-order valence-corrected chi connectivity index (χ4v) is 7.86. The molecule has 7 atom stereocenters. The van der Waals surface area contributed by atoms with Crippen LogP contribution in [0.5, 0.6) is 0 Å². The zero-order chi connectivity index (χ0) is 23.6. The van der Waals surface area contributed by atoms with Gasteiger partial charge in [0.25, 0.3) is 0 Å². The highest BCUT2D eigenvalue weighted by Crippen LogP contribution is 2.69. The Morgan fingerprint density at radius 3 is 2.67 bits per heavy atom. The molecule has 2 heterocycles. The lowest BCUT2D eigenvalue weighted by Gasteiger charge is -2.66. The highest BCUT2D eigenvalue weighted by Gasteiger charge is 2.73. The number of benzene rings is 1. The largest absolute Gasteiger partial charge is 0.390 e. The molecule has 2 unspecified atom stereocenters. The molecule has 0 bridgehead atoms. The van der Waals surface area contributed by atoms with Gasteiger partial charge in [0.1, 0.15) is 11.7 Å². The number of nitrogens with one attached hydrogen (secondary N) is 1. The molecule has 0 radical (unpaired) electrons. The summed E-state index contributed by atoms with van der Waals surface area (Å²) in [5.74, 6) is -0.172. The van der Waals surface area contributed by atoms with E-state index < -0.39 is 40.3 Å². The second-order valence-corrected chi connectivity index (χ2v) is 11.7. The number of hydrogen-bond acceptors (Lipinski definition) is 5. The van der Waals surface area contributed by atoms with Crippen LogP contribution in [0.25, 0.3) is 10.9 Å². The van der Waals surface area contributed by atoms with E-state index in [0.29, 0.717) is 24.8 Å². The quantitative estimate of drug-likeness (QED) is 0.534. The molecule has 1 aliphatic heterocycles. The summed E-state index contributed by atoms with van der Waals surface area (Å²) >= 11 is 0. The number of aliphatic hydroxyl groups excluding tert-OH is 1. The first-order chi connectivity index (χ1) is 15.4. The lowest BCUT2D eigenvalue weighted by molar-refractivity contribution is -0.233. The number of aliphatic hydroxyl groups is 3. The van der Waals surface area contributed by atoms with Gasteiger partial charge in [-0.05, 0) is 68.7 Å². The molecule has 1 aromatic carbocycles. The monoisotopic (exact) mass is 451 g/mol. The van der Waals surface area contributed by atoms with Gasteiger partial charge < -0.3 is 25.0 Å². The number of rotatable bonds is 1. The molecule has 2 aromatic rings. The second-order valence-electron chi connectivity index (χ2n) is 11.7. The number of ketones is 1. The number of hydrogen-bond donors (Lipinski definition) is 4. The van der Waals surface area contributed by atoms with Crippen molar-refractivity contribution in [2.24, 2.45) is 11.3 Å². The lowest BCUT2D eigenvalue weighted by atomic mass is 9.42. The van der Waals surface area contributed by atoms with Gasteiger partial charge in [0.15, 0.2) is 5.78 Å². The van der Waals surface area contributed by atoms with E-state index in [1.54, 1.807) is 13.8 Å². The van der Waals surface area contributed by atoms with Crippen molar-refractivity contribution in [3.8, 4) is 0 Å². The van der Waals surface area contributed by atoms with Gasteiger partial charge >= 0.3 is 0 Å². The molecule has 6 heteroatoms. The summed E-state index contributed by atoms with van der Waals surface area (Å²) in [6.07, 6.45) is 1.55. The Labute approximate surface area is 193 Å². The molecular formula is C27H33NO5. The zero-order valence-corrected chi connectivity index (χ0v) is 19.7.